The summed E-state index contributed by atoms with van der Waals surface area (Å²) in [6, 6.07) is 15.2. The molecule has 4 nitrogen and oxygen atoms in total. The van der Waals surface area contributed by atoms with Crippen LogP contribution in [-0.4, -0.2) is 18.1 Å². The van der Waals surface area contributed by atoms with Gasteiger partial charge < -0.3 is 19.5 Å². The highest BCUT2D eigenvalue weighted by Crippen LogP contribution is 2.39. The number of hydrogen-bond acceptors (Lipinski definition) is 4. The number of halogens is 10. The van der Waals surface area contributed by atoms with Crippen molar-refractivity contribution in [2.45, 2.75) is 37.9 Å². The van der Waals surface area contributed by atoms with Crippen LogP contribution >= 0.6 is 0 Å². The highest BCUT2D eigenvalue weighted by Gasteiger charge is 2.37. The Morgan fingerprint density at radius 1 is 0.711 bits per heavy atom. The lowest BCUT2D eigenvalue weighted by Gasteiger charge is -2.35. The van der Waals surface area contributed by atoms with Gasteiger partial charge in [-0.05, 0) is 53.6 Å². The SMILES string of the molecule is OCC(c1ccccc1C(F)(F)F)N(Cc1ccc(C(F)(F)F)cc1F)c1cccc(OCc2cccc(OC(F)(F)F)c2)c1. The van der Waals surface area contributed by atoms with Crippen molar-refractivity contribution in [1.29, 1.82) is 0 Å². The van der Waals surface area contributed by atoms with Gasteiger partial charge in [-0.15, -0.1) is 13.2 Å². The second-order valence-corrected chi connectivity index (χ2v) is 9.70. The van der Waals surface area contributed by atoms with Crippen LogP contribution < -0.4 is 14.4 Å². The quantitative estimate of drug-likeness (QED) is 0.175. The van der Waals surface area contributed by atoms with E-state index >= 15 is 0 Å². The van der Waals surface area contributed by atoms with E-state index in [9.17, 15) is 49.0 Å². The number of hydrogen-bond donors (Lipinski definition) is 1. The maximum absolute atomic E-state index is 14.9. The van der Waals surface area contributed by atoms with Crippen molar-refractivity contribution in [3.05, 3.63) is 125 Å². The highest BCUT2D eigenvalue weighted by molar-refractivity contribution is 5.54. The molecule has 0 aliphatic heterocycles. The first-order valence-corrected chi connectivity index (χ1v) is 13.0. The maximum Gasteiger partial charge on any atom is 0.573 e. The Hall–Kier alpha value is -4.46. The van der Waals surface area contributed by atoms with Gasteiger partial charge in [0.05, 0.1) is 23.8 Å². The normalized spacial score (nSPS) is 13.0. The van der Waals surface area contributed by atoms with Gasteiger partial charge in [0.15, 0.2) is 0 Å². The average Bonchev–Trinajstić information content (AvgIpc) is 2.95. The molecular weight excluding hydrogens is 624 g/mol. The Balaban J connectivity index is 1.71. The Bertz CT molecular complexity index is 1600. The van der Waals surface area contributed by atoms with Gasteiger partial charge >= 0.3 is 18.7 Å². The molecular formula is C31H23F10NO3. The summed E-state index contributed by atoms with van der Waals surface area (Å²) >= 11 is 0. The summed E-state index contributed by atoms with van der Waals surface area (Å²) in [5, 5.41) is 10.4. The molecule has 1 unspecified atom stereocenters. The van der Waals surface area contributed by atoms with Crippen LogP contribution in [0.5, 0.6) is 11.5 Å². The van der Waals surface area contributed by atoms with Gasteiger partial charge in [0.1, 0.15) is 23.9 Å². The predicted molar refractivity (Wildman–Crippen MR) is 143 cm³/mol. The number of nitrogens with zero attached hydrogens (tertiary/aromatic N) is 1. The minimum Gasteiger partial charge on any atom is -0.489 e. The van der Waals surface area contributed by atoms with E-state index in [1.54, 1.807) is 0 Å². The van der Waals surface area contributed by atoms with E-state index in [1.807, 2.05) is 0 Å². The zero-order valence-corrected chi connectivity index (χ0v) is 22.8. The molecule has 1 N–H and O–H groups in total. The molecule has 0 saturated carbocycles. The van der Waals surface area contributed by atoms with E-state index in [0.29, 0.717) is 6.07 Å². The predicted octanol–water partition coefficient (Wildman–Crippen LogP) is 9.08. The number of benzene rings is 4. The molecule has 0 aliphatic rings. The van der Waals surface area contributed by atoms with Gasteiger partial charge in [-0.3, -0.25) is 0 Å². The fourth-order valence-corrected chi connectivity index (χ4v) is 4.58. The number of anilines is 1. The largest absolute Gasteiger partial charge is 0.573 e. The standard InChI is InChI=1S/C31H23F10NO3/c32-27-14-21(29(33,34)35)12-11-20(27)16-42(28(17-43)25-9-1-2-10-26(25)30(36,37)38)22-6-4-7-23(15-22)44-18-19-5-3-8-24(13-19)45-31(39,40)41/h1-15,28,43H,16-18H2. The van der Waals surface area contributed by atoms with E-state index in [0.717, 1.165) is 36.4 Å². The van der Waals surface area contributed by atoms with Crippen molar-refractivity contribution in [1.82, 2.24) is 0 Å². The number of alkyl halides is 9. The lowest BCUT2D eigenvalue weighted by atomic mass is 9.97. The van der Waals surface area contributed by atoms with Crippen LogP contribution in [0, 0.1) is 5.82 Å². The summed E-state index contributed by atoms with van der Waals surface area (Å²) in [7, 11) is 0. The first-order chi connectivity index (χ1) is 21.0. The maximum atomic E-state index is 14.9. The number of aliphatic hydroxyl groups excluding tert-OH is 1. The van der Waals surface area contributed by atoms with Gasteiger partial charge in [-0.25, -0.2) is 4.39 Å². The number of ether oxygens (including phenoxy) is 2. The molecule has 0 spiro atoms. The van der Waals surface area contributed by atoms with E-state index in [1.165, 1.54) is 47.4 Å². The summed E-state index contributed by atoms with van der Waals surface area (Å²) < 4.78 is 144. The second-order valence-electron chi connectivity index (χ2n) is 9.70. The molecule has 4 aromatic rings. The second kappa shape index (κ2) is 13.3. The minimum atomic E-state index is -4.92. The molecule has 0 heterocycles. The fourth-order valence-electron chi connectivity index (χ4n) is 4.58. The molecule has 0 aromatic heterocycles. The molecule has 0 saturated heterocycles. The van der Waals surface area contributed by atoms with Crippen LogP contribution in [0.2, 0.25) is 0 Å². The van der Waals surface area contributed by atoms with Crippen LogP contribution in [0.15, 0.2) is 91.0 Å². The summed E-state index contributed by atoms with van der Waals surface area (Å²) in [6.45, 7) is -1.74. The lowest BCUT2D eigenvalue weighted by Crippen LogP contribution is -2.32. The third-order valence-corrected chi connectivity index (χ3v) is 6.58. The van der Waals surface area contributed by atoms with Crippen molar-refractivity contribution in [2.24, 2.45) is 0 Å². The Morgan fingerprint density at radius 2 is 1.40 bits per heavy atom. The summed E-state index contributed by atoms with van der Waals surface area (Å²) in [5.41, 5.74) is -2.67. The van der Waals surface area contributed by atoms with Crippen molar-refractivity contribution in [3.63, 3.8) is 0 Å². The Kier molecular flexibility index (Phi) is 9.86. The number of rotatable bonds is 10. The monoisotopic (exact) mass is 647 g/mol. The third-order valence-electron chi connectivity index (χ3n) is 6.58. The molecule has 0 bridgehead atoms. The fraction of sp³-hybridized carbons (Fsp3) is 0.226. The minimum absolute atomic E-state index is 0.0910. The van der Waals surface area contributed by atoms with Crippen LogP contribution in [0.3, 0.4) is 0 Å². The first kappa shape index (κ1) is 33.4. The molecule has 1 atom stereocenters. The highest BCUT2D eigenvalue weighted by atomic mass is 19.4. The lowest BCUT2D eigenvalue weighted by molar-refractivity contribution is -0.274. The van der Waals surface area contributed by atoms with Crippen molar-refractivity contribution < 1.29 is 58.5 Å². The zero-order valence-electron chi connectivity index (χ0n) is 22.8. The molecule has 14 heteroatoms. The molecule has 0 aliphatic carbocycles. The van der Waals surface area contributed by atoms with Crippen molar-refractivity contribution >= 4 is 5.69 Å². The van der Waals surface area contributed by atoms with Gasteiger partial charge in [0.25, 0.3) is 0 Å². The van der Waals surface area contributed by atoms with Crippen LogP contribution in [0.1, 0.15) is 33.9 Å². The molecule has 4 rings (SSSR count). The number of aliphatic hydroxyl groups is 1. The van der Waals surface area contributed by atoms with Crippen molar-refractivity contribution in [3.8, 4) is 11.5 Å². The molecule has 240 valence electrons. The summed E-state index contributed by atoms with van der Waals surface area (Å²) in [5.74, 6) is -1.67. The summed E-state index contributed by atoms with van der Waals surface area (Å²) in [6.07, 6.45) is -14.6. The Labute approximate surface area is 250 Å². The van der Waals surface area contributed by atoms with Crippen LogP contribution in [0.25, 0.3) is 0 Å². The smallest absolute Gasteiger partial charge is 0.489 e. The molecule has 0 amide bonds. The van der Waals surface area contributed by atoms with Crippen LogP contribution in [0.4, 0.5) is 49.6 Å². The van der Waals surface area contributed by atoms with Crippen molar-refractivity contribution in [2.75, 3.05) is 11.5 Å². The van der Waals surface area contributed by atoms with Gasteiger partial charge in [0, 0.05) is 23.9 Å². The van der Waals surface area contributed by atoms with E-state index in [-0.39, 0.29) is 40.8 Å². The third kappa shape index (κ3) is 8.81. The van der Waals surface area contributed by atoms with E-state index < -0.39 is 60.6 Å². The molecule has 4 aromatic carbocycles. The summed E-state index contributed by atoms with van der Waals surface area (Å²) in [4.78, 5) is 1.18. The molecule has 0 fully saturated rings. The van der Waals surface area contributed by atoms with Gasteiger partial charge in [-0.2, -0.15) is 26.3 Å². The first-order valence-electron chi connectivity index (χ1n) is 13.0. The van der Waals surface area contributed by atoms with Gasteiger partial charge in [0.2, 0.25) is 0 Å². The molecule has 45 heavy (non-hydrogen) atoms. The Morgan fingerprint density at radius 3 is 2.04 bits per heavy atom. The average molecular weight is 648 g/mol. The van der Waals surface area contributed by atoms with Gasteiger partial charge in [-0.1, -0.05) is 42.5 Å². The topological polar surface area (TPSA) is 41.9 Å². The zero-order chi connectivity index (χ0) is 33.0. The van der Waals surface area contributed by atoms with Crippen LogP contribution in [-0.2, 0) is 25.5 Å². The molecule has 0 radical (unpaired) electrons. The van der Waals surface area contributed by atoms with E-state index in [4.69, 9.17) is 4.74 Å². The van der Waals surface area contributed by atoms with E-state index in [2.05, 4.69) is 4.74 Å².